The van der Waals surface area contributed by atoms with E-state index in [0.717, 1.165) is 43.5 Å². The Kier molecular flexibility index (Phi) is 3.97. The predicted octanol–water partition coefficient (Wildman–Crippen LogP) is 2.67. The van der Waals surface area contributed by atoms with Gasteiger partial charge in [0.15, 0.2) is 4.80 Å². The number of hydrogen-bond acceptors (Lipinski definition) is 4. The first kappa shape index (κ1) is 16.5. The number of rotatable bonds is 4. The number of nitrogens with zero attached hydrogens (tertiary/aromatic N) is 2. The third-order valence-electron chi connectivity index (χ3n) is 5.80. The normalized spacial score (nSPS) is 38.0. The van der Waals surface area contributed by atoms with E-state index in [4.69, 9.17) is 9.47 Å². The highest BCUT2D eigenvalue weighted by molar-refractivity contribution is 7.09. The van der Waals surface area contributed by atoms with Crippen molar-refractivity contribution in [2.75, 3.05) is 13.7 Å². The van der Waals surface area contributed by atoms with E-state index < -0.39 is 0 Å². The van der Waals surface area contributed by atoms with Crippen LogP contribution in [0, 0.1) is 18.3 Å². The number of methoxy groups -OCH3 is 1. The highest BCUT2D eigenvalue weighted by Crippen LogP contribution is 2.59. The fourth-order valence-corrected chi connectivity index (χ4v) is 6.14. The molecular formula is C18H26N2O3S. The molecule has 2 aliphatic heterocycles. The SMILES string of the molecule is COCCn1cc(C)sc1=NC(=O)C12CC3CC(C1)OC(C)(C3)C2. The summed E-state index contributed by atoms with van der Waals surface area (Å²) in [6.07, 6.45) is 7.21. The van der Waals surface area contributed by atoms with E-state index >= 15 is 0 Å². The lowest BCUT2D eigenvalue weighted by Crippen LogP contribution is -2.60. The molecule has 0 spiro atoms. The summed E-state index contributed by atoms with van der Waals surface area (Å²) in [4.78, 5) is 19.7. The predicted molar refractivity (Wildman–Crippen MR) is 91.8 cm³/mol. The third kappa shape index (κ3) is 2.78. The van der Waals surface area contributed by atoms with E-state index in [1.54, 1.807) is 18.4 Å². The van der Waals surface area contributed by atoms with Gasteiger partial charge in [-0.15, -0.1) is 11.3 Å². The summed E-state index contributed by atoms with van der Waals surface area (Å²) in [5.41, 5.74) is -0.414. The topological polar surface area (TPSA) is 52.8 Å². The second kappa shape index (κ2) is 5.78. The lowest BCUT2D eigenvalue weighted by Gasteiger charge is -2.59. The van der Waals surface area contributed by atoms with Crippen LogP contribution in [0.4, 0.5) is 0 Å². The molecule has 2 saturated carbocycles. The van der Waals surface area contributed by atoms with Gasteiger partial charge in [-0.3, -0.25) is 4.79 Å². The Hall–Kier alpha value is -0.980. The molecule has 4 aliphatic rings. The first-order valence-electron chi connectivity index (χ1n) is 8.84. The van der Waals surface area contributed by atoms with Crippen LogP contribution in [0.1, 0.15) is 43.9 Å². The Morgan fingerprint density at radius 2 is 2.33 bits per heavy atom. The summed E-state index contributed by atoms with van der Waals surface area (Å²) in [7, 11) is 1.69. The Labute approximate surface area is 146 Å². The number of amides is 1. The lowest BCUT2D eigenvalue weighted by molar-refractivity contribution is -0.236. The van der Waals surface area contributed by atoms with E-state index in [-0.39, 0.29) is 23.0 Å². The van der Waals surface area contributed by atoms with Crippen molar-refractivity contribution in [3.8, 4) is 0 Å². The largest absolute Gasteiger partial charge is 0.383 e. The van der Waals surface area contributed by atoms with Gasteiger partial charge < -0.3 is 14.0 Å². The van der Waals surface area contributed by atoms with Gasteiger partial charge in [0, 0.05) is 24.7 Å². The fraction of sp³-hybridized carbons (Fsp3) is 0.778. The Morgan fingerprint density at radius 3 is 3.04 bits per heavy atom. The van der Waals surface area contributed by atoms with Gasteiger partial charge in [0.2, 0.25) is 0 Å². The minimum Gasteiger partial charge on any atom is -0.383 e. The van der Waals surface area contributed by atoms with Crippen molar-refractivity contribution in [2.24, 2.45) is 16.3 Å². The van der Waals surface area contributed by atoms with Crippen molar-refractivity contribution in [3.63, 3.8) is 0 Å². The first-order valence-corrected chi connectivity index (χ1v) is 9.66. The molecule has 2 aliphatic carbocycles. The Bertz CT molecular complexity index is 706. The molecule has 4 unspecified atom stereocenters. The zero-order valence-electron chi connectivity index (χ0n) is 14.7. The van der Waals surface area contributed by atoms with E-state index in [1.165, 1.54) is 4.88 Å². The maximum atomic E-state index is 13.2. The lowest BCUT2D eigenvalue weighted by atomic mass is 9.54. The quantitative estimate of drug-likeness (QED) is 0.839. The van der Waals surface area contributed by atoms with Crippen LogP contribution in [-0.2, 0) is 20.8 Å². The summed E-state index contributed by atoms with van der Waals surface area (Å²) in [6, 6.07) is 0. The van der Waals surface area contributed by atoms with Crippen molar-refractivity contribution in [1.82, 2.24) is 4.57 Å². The van der Waals surface area contributed by atoms with Crippen molar-refractivity contribution in [3.05, 3.63) is 15.9 Å². The monoisotopic (exact) mass is 350 g/mol. The third-order valence-corrected chi connectivity index (χ3v) is 6.74. The molecule has 1 aromatic rings. The maximum absolute atomic E-state index is 13.2. The molecule has 4 fully saturated rings. The molecule has 24 heavy (non-hydrogen) atoms. The highest BCUT2D eigenvalue weighted by atomic mass is 32.1. The molecule has 0 aromatic carbocycles. The zero-order chi connectivity index (χ0) is 16.9. The fourth-order valence-electron chi connectivity index (χ4n) is 5.29. The van der Waals surface area contributed by atoms with Gasteiger partial charge in [-0.05, 0) is 51.9 Å². The summed E-state index contributed by atoms with van der Waals surface area (Å²) in [5.74, 6) is 0.695. The minimum absolute atomic E-state index is 0.0689. The van der Waals surface area contributed by atoms with Crippen LogP contribution in [0.3, 0.4) is 0 Å². The zero-order valence-corrected chi connectivity index (χ0v) is 15.5. The van der Waals surface area contributed by atoms with E-state index in [0.29, 0.717) is 12.5 Å². The second-order valence-corrected chi connectivity index (χ2v) is 9.30. The van der Waals surface area contributed by atoms with Gasteiger partial charge in [0.1, 0.15) is 0 Å². The average molecular weight is 350 g/mol. The molecule has 6 heteroatoms. The van der Waals surface area contributed by atoms with Crippen molar-refractivity contribution >= 4 is 17.2 Å². The van der Waals surface area contributed by atoms with Gasteiger partial charge in [0.25, 0.3) is 5.91 Å². The van der Waals surface area contributed by atoms with Gasteiger partial charge in [-0.25, -0.2) is 0 Å². The van der Waals surface area contributed by atoms with E-state index in [9.17, 15) is 4.79 Å². The average Bonchev–Trinajstić information content (AvgIpc) is 2.82. The van der Waals surface area contributed by atoms with Crippen LogP contribution in [0.15, 0.2) is 11.2 Å². The molecule has 1 amide bonds. The second-order valence-electron chi connectivity index (χ2n) is 8.09. The van der Waals surface area contributed by atoms with Crippen LogP contribution >= 0.6 is 11.3 Å². The molecule has 4 atom stereocenters. The number of carbonyl (C=O) groups is 1. The van der Waals surface area contributed by atoms with Crippen LogP contribution in [0.25, 0.3) is 0 Å². The van der Waals surface area contributed by atoms with Gasteiger partial charge in [-0.1, -0.05) is 0 Å². The number of carbonyl (C=O) groups excluding carboxylic acids is 1. The van der Waals surface area contributed by atoms with Crippen LogP contribution in [-0.4, -0.2) is 35.9 Å². The smallest absolute Gasteiger partial charge is 0.254 e. The molecule has 1 aromatic heterocycles. The first-order chi connectivity index (χ1) is 11.4. The molecule has 4 bridgehead atoms. The summed E-state index contributed by atoms with van der Waals surface area (Å²) in [6.45, 7) is 5.59. The minimum atomic E-state index is -0.296. The van der Waals surface area contributed by atoms with Crippen molar-refractivity contribution < 1.29 is 14.3 Å². The van der Waals surface area contributed by atoms with Gasteiger partial charge >= 0.3 is 0 Å². The molecule has 132 valence electrons. The molecule has 3 heterocycles. The van der Waals surface area contributed by atoms with E-state index in [2.05, 4.69) is 25.0 Å². The van der Waals surface area contributed by atoms with Crippen LogP contribution < -0.4 is 4.80 Å². The van der Waals surface area contributed by atoms with E-state index in [1.807, 2.05) is 4.57 Å². The summed E-state index contributed by atoms with van der Waals surface area (Å²) < 4.78 is 13.4. The molecular weight excluding hydrogens is 324 g/mol. The van der Waals surface area contributed by atoms with Gasteiger partial charge in [0.05, 0.1) is 23.7 Å². The summed E-state index contributed by atoms with van der Waals surface area (Å²) >= 11 is 1.58. The van der Waals surface area contributed by atoms with Crippen LogP contribution in [0.5, 0.6) is 0 Å². The maximum Gasteiger partial charge on any atom is 0.254 e. The Balaban J connectivity index is 1.65. The highest BCUT2D eigenvalue weighted by Gasteiger charge is 2.60. The van der Waals surface area contributed by atoms with Crippen LogP contribution in [0.2, 0.25) is 0 Å². The number of hydrogen-bond donors (Lipinski definition) is 0. The standard InChI is InChI=1S/C18H26N2O3S/c1-12-10-20(4-5-22-3)16(24-12)19-15(21)18-8-13-6-14(9-18)23-17(2,7-13)11-18/h10,13-14H,4-9,11H2,1-3H3. The summed E-state index contributed by atoms with van der Waals surface area (Å²) in [5, 5.41) is 0. The van der Waals surface area contributed by atoms with Gasteiger partial charge in [-0.2, -0.15) is 4.99 Å². The molecule has 5 rings (SSSR count). The molecule has 0 radical (unpaired) electrons. The Morgan fingerprint density at radius 1 is 1.50 bits per heavy atom. The van der Waals surface area contributed by atoms with Crippen molar-refractivity contribution in [2.45, 2.75) is 64.2 Å². The van der Waals surface area contributed by atoms with Crippen molar-refractivity contribution in [1.29, 1.82) is 0 Å². The molecule has 5 nitrogen and oxygen atoms in total. The number of aromatic nitrogens is 1. The number of ether oxygens (including phenoxy) is 2. The number of aryl methyl sites for hydroxylation is 1. The number of thiazole rings is 1. The molecule has 2 saturated heterocycles. The molecule has 0 N–H and O–H groups in total.